The van der Waals surface area contributed by atoms with E-state index in [1.54, 1.807) is 0 Å². The van der Waals surface area contributed by atoms with Gasteiger partial charge in [0.25, 0.3) is 0 Å². The van der Waals surface area contributed by atoms with E-state index in [0.717, 1.165) is 6.42 Å². The van der Waals surface area contributed by atoms with Gasteiger partial charge in [0.1, 0.15) is 6.54 Å². The van der Waals surface area contributed by atoms with Gasteiger partial charge in [-0.05, 0) is 18.9 Å². The molecule has 0 aliphatic heterocycles. The van der Waals surface area contributed by atoms with Crippen molar-refractivity contribution in [1.82, 2.24) is 0 Å². The number of unbranched alkanes of at least 4 members (excludes halogenated alkanes) is 8. The Morgan fingerprint density at radius 3 is 1.89 bits per heavy atom. The fourth-order valence-corrected chi connectivity index (χ4v) is 2.53. The maximum atomic E-state index is 10.7. The Kier molecular flexibility index (Phi) is 13.3. The highest BCUT2D eigenvalue weighted by molar-refractivity contribution is 7.86. The number of alkyl halides is 3. The van der Waals surface area contributed by atoms with Crippen LogP contribution >= 0.6 is 0 Å². The molecule has 0 unspecified atom stereocenters. The molecule has 0 aliphatic carbocycles. The van der Waals surface area contributed by atoms with Gasteiger partial charge in [0.15, 0.2) is 22.5 Å². The number of hydrogen-bond donors (Lipinski definition) is 0. The first kappa shape index (κ1) is 25.9. The lowest BCUT2D eigenvalue weighted by Gasteiger charge is -2.08. The van der Waals surface area contributed by atoms with Gasteiger partial charge in [-0.1, -0.05) is 58.8 Å². The highest BCUT2D eigenvalue weighted by Gasteiger charge is 2.36. The second kappa shape index (κ2) is 13.9. The molecule has 0 atom stereocenters. The first-order valence-corrected chi connectivity index (χ1v) is 11.0. The van der Waals surface area contributed by atoms with E-state index < -0.39 is 15.6 Å². The van der Waals surface area contributed by atoms with Gasteiger partial charge in [0.2, 0.25) is 0 Å². The van der Waals surface area contributed by atoms with E-state index in [2.05, 4.69) is 42.9 Å². The number of rotatable bonds is 11. The molecule has 0 saturated carbocycles. The summed E-state index contributed by atoms with van der Waals surface area (Å²) in [6.45, 7) is 5.69. The molecular formula is C19H32F3NO3S. The molecule has 1 aromatic heterocycles. The van der Waals surface area contributed by atoms with E-state index in [-0.39, 0.29) is 0 Å². The lowest BCUT2D eigenvalue weighted by molar-refractivity contribution is -0.697. The Bertz CT molecular complexity index is 604. The van der Waals surface area contributed by atoms with Crippen LogP contribution in [-0.2, 0) is 23.1 Å². The maximum absolute atomic E-state index is 10.7. The zero-order chi connectivity index (χ0) is 20.8. The van der Waals surface area contributed by atoms with Crippen molar-refractivity contribution in [3.8, 4) is 0 Å². The molecule has 27 heavy (non-hydrogen) atoms. The third-order valence-electron chi connectivity index (χ3n) is 4.13. The van der Waals surface area contributed by atoms with Gasteiger partial charge in [0, 0.05) is 18.1 Å². The minimum absolute atomic E-state index is 1.14. The van der Waals surface area contributed by atoms with Crippen LogP contribution in [0.5, 0.6) is 0 Å². The number of pyridine rings is 1. The molecular weight excluding hydrogens is 379 g/mol. The first-order chi connectivity index (χ1) is 12.6. The molecule has 8 heteroatoms. The second-order valence-corrected chi connectivity index (χ2v) is 7.90. The molecule has 0 saturated heterocycles. The Labute approximate surface area is 161 Å². The zero-order valence-corrected chi connectivity index (χ0v) is 17.1. The van der Waals surface area contributed by atoms with E-state index in [4.69, 9.17) is 13.0 Å². The monoisotopic (exact) mass is 411 g/mol. The molecule has 0 aromatic carbocycles. The molecule has 0 bridgehead atoms. The van der Waals surface area contributed by atoms with Gasteiger partial charge in [0.05, 0.1) is 0 Å². The molecule has 1 rings (SSSR count). The third kappa shape index (κ3) is 13.6. The zero-order valence-electron chi connectivity index (χ0n) is 16.3. The standard InChI is InChI=1S/C18H32N.CHF3O3S/c1-3-5-6-7-8-9-10-11-12-15-19-16-13-14-18(4-2)17-19;2-1(3,4)8(5,6)7/h13-14,16-17H,3-12,15H2,1-2H3;(H,5,6,7)/q+1;/p-1. The molecule has 0 radical (unpaired) electrons. The number of aryl methyl sites for hydroxylation is 2. The van der Waals surface area contributed by atoms with Crippen molar-refractivity contribution in [3.63, 3.8) is 0 Å². The topological polar surface area (TPSA) is 61.1 Å². The lowest BCUT2D eigenvalue weighted by Crippen LogP contribution is -2.33. The number of nitrogens with zero attached hydrogens (tertiary/aromatic N) is 1. The smallest absolute Gasteiger partial charge is 0.485 e. The van der Waals surface area contributed by atoms with Gasteiger partial charge < -0.3 is 4.55 Å². The number of aromatic nitrogens is 1. The minimum atomic E-state index is -6.09. The molecule has 0 aliphatic rings. The molecule has 0 spiro atoms. The van der Waals surface area contributed by atoms with Crippen molar-refractivity contribution in [1.29, 1.82) is 0 Å². The Morgan fingerprint density at radius 2 is 1.44 bits per heavy atom. The van der Waals surface area contributed by atoms with Crippen LogP contribution in [-0.4, -0.2) is 18.5 Å². The van der Waals surface area contributed by atoms with Gasteiger partial charge in [-0.15, -0.1) is 0 Å². The first-order valence-electron chi connectivity index (χ1n) is 9.62. The predicted octanol–water partition coefficient (Wildman–Crippen LogP) is 5.12. The highest BCUT2D eigenvalue weighted by Crippen LogP contribution is 2.20. The van der Waals surface area contributed by atoms with Gasteiger partial charge in [-0.25, -0.2) is 13.0 Å². The SMILES string of the molecule is CCCCCCCCCCC[n+]1cccc(CC)c1.O=S(=O)([O-])C(F)(F)F. The lowest BCUT2D eigenvalue weighted by atomic mass is 10.1. The highest BCUT2D eigenvalue weighted by atomic mass is 32.2. The van der Waals surface area contributed by atoms with Crippen LogP contribution in [0.4, 0.5) is 13.2 Å². The van der Waals surface area contributed by atoms with Gasteiger partial charge in [-0.3, -0.25) is 0 Å². The summed E-state index contributed by atoms with van der Waals surface area (Å²) >= 11 is 0. The quantitative estimate of drug-likeness (QED) is 0.220. The van der Waals surface area contributed by atoms with E-state index in [1.807, 2.05) is 0 Å². The Hall–Kier alpha value is -1.15. The van der Waals surface area contributed by atoms with Crippen molar-refractivity contribution in [2.45, 2.75) is 90.1 Å². The van der Waals surface area contributed by atoms with Crippen molar-refractivity contribution in [2.24, 2.45) is 0 Å². The largest absolute Gasteiger partial charge is 0.741 e. The van der Waals surface area contributed by atoms with Crippen LogP contribution in [0.2, 0.25) is 0 Å². The Morgan fingerprint density at radius 1 is 0.963 bits per heavy atom. The Balaban J connectivity index is 0.000000713. The van der Waals surface area contributed by atoms with Crippen LogP contribution < -0.4 is 4.57 Å². The molecule has 0 N–H and O–H groups in total. The van der Waals surface area contributed by atoms with Crippen molar-refractivity contribution in [2.75, 3.05) is 0 Å². The fraction of sp³-hybridized carbons (Fsp3) is 0.737. The van der Waals surface area contributed by atoms with Crippen molar-refractivity contribution >= 4 is 10.1 Å². The van der Waals surface area contributed by atoms with Gasteiger partial charge in [-0.2, -0.15) is 13.2 Å². The fourth-order valence-electron chi connectivity index (χ4n) is 2.53. The second-order valence-electron chi connectivity index (χ2n) is 6.53. The summed E-state index contributed by atoms with van der Waals surface area (Å²) in [5.74, 6) is 0. The van der Waals surface area contributed by atoms with Crippen LogP contribution in [0.3, 0.4) is 0 Å². The van der Waals surface area contributed by atoms with E-state index >= 15 is 0 Å². The summed E-state index contributed by atoms with van der Waals surface area (Å²) in [5, 5.41) is 0. The molecule has 1 heterocycles. The summed E-state index contributed by atoms with van der Waals surface area (Å²) in [7, 11) is -6.09. The van der Waals surface area contributed by atoms with Crippen molar-refractivity contribution in [3.05, 3.63) is 30.1 Å². The summed E-state index contributed by atoms with van der Waals surface area (Å²) < 4.78 is 61.3. The predicted molar refractivity (Wildman–Crippen MR) is 99.0 cm³/mol. The summed E-state index contributed by atoms with van der Waals surface area (Å²) in [4.78, 5) is 0. The van der Waals surface area contributed by atoms with E-state index in [1.165, 1.54) is 69.9 Å². The van der Waals surface area contributed by atoms with E-state index in [0.29, 0.717) is 0 Å². The van der Waals surface area contributed by atoms with Crippen LogP contribution in [0.25, 0.3) is 0 Å². The maximum Gasteiger partial charge on any atom is 0.485 e. The summed E-state index contributed by atoms with van der Waals surface area (Å²) in [5.41, 5.74) is -4.20. The molecule has 1 aromatic rings. The molecule has 0 fully saturated rings. The van der Waals surface area contributed by atoms with Crippen molar-refractivity contribution < 1.29 is 30.7 Å². The van der Waals surface area contributed by atoms with Crippen LogP contribution in [0.15, 0.2) is 24.5 Å². The van der Waals surface area contributed by atoms with Gasteiger partial charge >= 0.3 is 5.51 Å². The minimum Gasteiger partial charge on any atom is -0.741 e. The average molecular weight is 412 g/mol. The molecule has 4 nitrogen and oxygen atoms in total. The average Bonchev–Trinajstić information content (AvgIpc) is 2.59. The van der Waals surface area contributed by atoms with Crippen LogP contribution in [0.1, 0.15) is 77.2 Å². The summed E-state index contributed by atoms with van der Waals surface area (Å²) in [6.07, 6.45) is 18.3. The third-order valence-corrected chi connectivity index (χ3v) is 4.70. The number of halogens is 3. The molecule has 0 amide bonds. The molecule has 158 valence electrons. The normalized spacial score (nSPS) is 11.8. The van der Waals surface area contributed by atoms with E-state index in [9.17, 15) is 13.2 Å². The van der Waals surface area contributed by atoms with Crippen LogP contribution in [0, 0.1) is 0 Å². The number of hydrogen-bond acceptors (Lipinski definition) is 3. The summed E-state index contributed by atoms with van der Waals surface area (Å²) in [6, 6.07) is 4.39.